The van der Waals surface area contributed by atoms with Crippen LogP contribution in [0.5, 0.6) is 5.75 Å². The van der Waals surface area contributed by atoms with Gasteiger partial charge in [0.1, 0.15) is 34.6 Å². The van der Waals surface area contributed by atoms with E-state index < -0.39 is 23.8 Å². The van der Waals surface area contributed by atoms with Gasteiger partial charge < -0.3 is 34.9 Å². The SMILES string of the molecule is COC(=O)C1=C(CN2CCN(C(=O)CCCCC(=S)Nc3ccc(-c4c5ccc(=O)cc-5oc5cc(O)ccc45)c(C(=O)O)c3)CC2)NC(c2ccccn2)=NC1c1ccc(F)cc1Cl. The number of aromatic carboxylic acids is 1. The van der Waals surface area contributed by atoms with Gasteiger partial charge in [-0.25, -0.2) is 14.0 Å². The lowest BCUT2D eigenvalue weighted by atomic mass is 9.90. The second kappa shape index (κ2) is 19.4. The molecule has 0 saturated carbocycles. The molecule has 4 aromatic rings. The maximum atomic E-state index is 14.1. The van der Waals surface area contributed by atoms with Gasteiger partial charge in [-0.05, 0) is 85.5 Å². The lowest BCUT2D eigenvalue weighted by molar-refractivity contribution is -0.136. The second-order valence-electron chi connectivity index (χ2n) is 15.6. The van der Waals surface area contributed by atoms with E-state index in [1.165, 1.54) is 55.6 Å². The summed E-state index contributed by atoms with van der Waals surface area (Å²) in [5.41, 5.74) is 3.70. The van der Waals surface area contributed by atoms with Gasteiger partial charge in [-0.2, -0.15) is 0 Å². The number of nitrogens with one attached hydrogen (secondary N) is 2. The van der Waals surface area contributed by atoms with Crippen molar-refractivity contribution < 1.29 is 38.1 Å². The summed E-state index contributed by atoms with van der Waals surface area (Å²) in [7, 11) is 1.28. The predicted octanol–water partition coefficient (Wildman–Crippen LogP) is 7.82. The number of piperazine rings is 1. The van der Waals surface area contributed by atoms with Crippen LogP contribution in [0, 0.1) is 5.82 Å². The Morgan fingerprint density at radius 3 is 2.49 bits per heavy atom. The zero-order valence-electron chi connectivity index (χ0n) is 35.0. The minimum atomic E-state index is -1.17. The molecular formula is C48H42ClFN6O8S. The maximum Gasteiger partial charge on any atom is 0.338 e. The number of nitrogens with zero attached hydrogens (tertiary/aromatic N) is 4. The van der Waals surface area contributed by atoms with Crippen molar-refractivity contribution >= 4 is 69.1 Å². The second-order valence-corrected chi connectivity index (χ2v) is 16.5. The molecule has 4 aliphatic rings. The Kier molecular flexibility index (Phi) is 13.3. The smallest absolute Gasteiger partial charge is 0.338 e. The number of amides is 1. The summed E-state index contributed by atoms with van der Waals surface area (Å²) in [4.78, 5) is 65.2. The number of hydrogen-bond donors (Lipinski definition) is 4. The number of esters is 1. The number of rotatable bonds is 13. The highest BCUT2D eigenvalue weighted by Crippen LogP contribution is 2.43. The molecule has 4 N–H and O–H groups in total. The topological polar surface area (TPSA) is 187 Å². The highest BCUT2D eigenvalue weighted by atomic mass is 35.5. The number of carboxylic acids is 1. The van der Waals surface area contributed by atoms with Crippen LogP contribution >= 0.6 is 23.8 Å². The summed E-state index contributed by atoms with van der Waals surface area (Å²) in [6.45, 7) is 2.32. The van der Waals surface area contributed by atoms with Gasteiger partial charge in [0.05, 0.1) is 23.2 Å². The van der Waals surface area contributed by atoms with Crippen LogP contribution in [-0.2, 0) is 14.3 Å². The van der Waals surface area contributed by atoms with E-state index in [-0.39, 0.29) is 44.6 Å². The molecule has 1 saturated heterocycles. The molecule has 4 heterocycles. The number of carboxylic acid groups (broad SMARTS) is 1. The first-order valence-electron chi connectivity index (χ1n) is 20.8. The molecule has 0 bridgehead atoms. The van der Waals surface area contributed by atoms with E-state index in [9.17, 15) is 33.8 Å². The average molecular weight is 917 g/mol. The fourth-order valence-electron chi connectivity index (χ4n) is 8.14. The number of ether oxygens (including phenoxy) is 1. The molecule has 8 rings (SSSR count). The molecule has 3 aliphatic heterocycles. The molecule has 1 fully saturated rings. The van der Waals surface area contributed by atoms with E-state index >= 15 is 0 Å². The van der Waals surface area contributed by atoms with E-state index in [2.05, 4.69) is 20.5 Å². The number of hydrogen-bond acceptors (Lipinski definition) is 12. The van der Waals surface area contributed by atoms with Gasteiger partial charge in [-0.15, -0.1) is 0 Å². The molecule has 1 atom stereocenters. The minimum absolute atomic E-state index is 0.00519. The lowest BCUT2D eigenvalue weighted by Gasteiger charge is -2.36. The van der Waals surface area contributed by atoms with Gasteiger partial charge in [-0.3, -0.25) is 24.5 Å². The van der Waals surface area contributed by atoms with Crippen LogP contribution < -0.4 is 16.1 Å². The molecule has 65 heavy (non-hydrogen) atoms. The summed E-state index contributed by atoms with van der Waals surface area (Å²) in [6, 6.07) is 22.2. The fourth-order valence-corrected chi connectivity index (χ4v) is 8.67. The molecule has 332 valence electrons. The number of halogens is 2. The van der Waals surface area contributed by atoms with Gasteiger partial charge in [0.25, 0.3) is 0 Å². The Bertz CT molecular complexity index is 2940. The summed E-state index contributed by atoms with van der Waals surface area (Å²) in [5, 5.41) is 27.6. The van der Waals surface area contributed by atoms with Crippen LogP contribution in [-0.4, -0.2) is 93.5 Å². The van der Waals surface area contributed by atoms with Crippen LogP contribution in [0.25, 0.3) is 33.4 Å². The normalized spacial score (nSPS) is 15.4. The molecule has 1 aliphatic carbocycles. The largest absolute Gasteiger partial charge is 0.508 e. The van der Waals surface area contributed by atoms with Crippen molar-refractivity contribution in [1.29, 1.82) is 0 Å². The third-order valence-corrected chi connectivity index (χ3v) is 12.0. The number of pyridine rings is 1. The van der Waals surface area contributed by atoms with Crippen molar-refractivity contribution in [2.75, 3.05) is 45.2 Å². The van der Waals surface area contributed by atoms with E-state index in [1.54, 1.807) is 42.6 Å². The number of methoxy groups -OCH3 is 1. The molecular weight excluding hydrogens is 875 g/mol. The van der Waals surface area contributed by atoms with Crippen LogP contribution in [0.15, 0.2) is 123 Å². The zero-order valence-corrected chi connectivity index (χ0v) is 36.5. The highest BCUT2D eigenvalue weighted by Gasteiger charge is 2.35. The number of benzene rings is 4. The fraction of sp³-hybridized carbons (Fsp3) is 0.229. The third kappa shape index (κ3) is 9.89. The summed E-state index contributed by atoms with van der Waals surface area (Å²) in [6.07, 6.45) is 3.63. The lowest BCUT2D eigenvalue weighted by Crippen LogP contribution is -2.50. The monoisotopic (exact) mass is 916 g/mol. The van der Waals surface area contributed by atoms with Gasteiger partial charge in [-0.1, -0.05) is 42.0 Å². The van der Waals surface area contributed by atoms with Crippen LogP contribution in [0.1, 0.15) is 53.3 Å². The number of carbonyl (C=O) groups excluding carboxylic acids is 2. The molecule has 14 nitrogen and oxygen atoms in total. The number of thiocarbonyl (C=S) groups is 1. The van der Waals surface area contributed by atoms with Crippen molar-refractivity contribution in [2.24, 2.45) is 4.99 Å². The number of carbonyl (C=O) groups is 3. The average Bonchev–Trinajstić information content (AvgIpc) is 3.29. The molecule has 3 aromatic carbocycles. The number of aromatic hydroxyl groups is 1. The zero-order chi connectivity index (χ0) is 45.8. The number of aromatic nitrogens is 1. The molecule has 1 aromatic heterocycles. The Hall–Kier alpha value is -7.01. The highest BCUT2D eigenvalue weighted by molar-refractivity contribution is 7.80. The van der Waals surface area contributed by atoms with Gasteiger partial charge in [0.15, 0.2) is 11.3 Å². The first-order chi connectivity index (χ1) is 31.4. The van der Waals surface area contributed by atoms with Gasteiger partial charge in [0.2, 0.25) is 5.91 Å². The Morgan fingerprint density at radius 2 is 1.75 bits per heavy atom. The number of amidine groups is 1. The number of phenolic OH excluding ortho intramolecular Hbond substituents is 1. The van der Waals surface area contributed by atoms with Gasteiger partial charge in [0, 0.05) is 96.0 Å². The van der Waals surface area contributed by atoms with E-state index in [0.717, 1.165) is 0 Å². The first-order valence-corrected chi connectivity index (χ1v) is 21.5. The maximum absolute atomic E-state index is 14.1. The van der Waals surface area contributed by atoms with E-state index in [1.807, 2.05) is 11.0 Å². The molecule has 17 heteroatoms. The molecule has 0 spiro atoms. The quantitative estimate of drug-likeness (QED) is 0.0381. The minimum Gasteiger partial charge on any atom is -0.508 e. The number of anilines is 1. The molecule has 1 amide bonds. The summed E-state index contributed by atoms with van der Waals surface area (Å²) in [5.74, 6) is -1.67. The first kappa shape index (κ1) is 44.6. The number of fused-ring (bicyclic) bond motifs is 2. The molecule has 1 unspecified atom stereocenters. The van der Waals surface area contributed by atoms with Crippen molar-refractivity contribution in [3.8, 4) is 28.2 Å². The van der Waals surface area contributed by atoms with Crippen LogP contribution in [0.2, 0.25) is 5.02 Å². The van der Waals surface area contributed by atoms with E-state index in [4.69, 9.17) is 38.0 Å². The number of aliphatic imine (C=N–C) groups is 1. The van der Waals surface area contributed by atoms with Crippen LogP contribution in [0.3, 0.4) is 0 Å². The van der Waals surface area contributed by atoms with Crippen molar-refractivity contribution in [3.05, 3.63) is 146 Å². The van der Waals surface area contributed by atoms with Crippen LogP contribution in [0.4, 0.5) is 10.1 Å². The number of phenols is 1. The third-order valence-electron chi connectivity index (χ3n) is 11.3. The Morgan fingerprint density at radius 1 is 0.969 bits per heavy atom. The molecule has 0 radical (unpaired) electrons. The van der Waals surface area contributed by atoms with Crippen molar-refractivity contribution in [3.63, 3.8) is 0 Å². The summed E-state index contributed by atoms with van der Waals surface area (Å²) >= 11 is 12.1. The number of unbranched alkanes of at least 4 members (excludes halogenated alkanes) is 1. The standard InChI is InChI=1S/C48H42ClFN6O8S/c1-63-48(62)44-38(53-46(37-6-4-5-17-51-37)54-45(44)32-13-9-27(50)22-36(32)49)26-55-18-20-56(21-19-55)42(59)8-3-2-7-41(65)52-28-10-14-31(35(23-28)47(60)61)43-33-15-11-29(57)24-39(33)64-40-25-30(58)12-16-34(40)43/h4-6,9-17,22-25,45,57H,2-3,7-8,18-21,26H2,1H3,(H,52,65)(H,53,54)(H,60,61). The van der Waals surface area contributed by atoms with Crippen molar-refractivity contribution in [1.82, 2.24) is 20.1 Å². The van der Waals surface area contributed by atoms with Crippen molar-refractivity contribution in [2.45, 2.75) is 31.7 Å². The van der Waals surface area contributed by atoms with Gasteiger partial charge >= 0.3 is 11.9 Å². The van der Waals surface area contributed by atoms with E-state index in [0.29, 0.717) is 114 Å². The Balaban J connectivity index is 0.873. The predicted molar refractivity (Wildman–Crippen MR) is 248 cm³/mol. The summed E-state index contributed by atoms with van der Waals surface area (Å²) < 4.78 is 25.2. The Labute approximate surface area is 382 Å².